The van der Waals surface area contributed by atoms with Crippen molar-refractivity contribution in [2.45, 2.75) is 6.18 Å². The number of nitrogens with zero attached hydrogens (tertiary/aromatic N) is 1. The van der Waals surface area contributed by atoms with Gasteiger partial charge in [-0.15, -0.1) is 0 Å². The number of hydrazine groups is 1. The van der Waals surface area contributed by atoms with Crippen LogP contribution in [-0.2, 0) is 6.18 Å². The Morgan fingerprint density at radius 3 is 2.62 bits per heavy atom. The second kappa shape index (κ2) is 6.82. The summed E-state index contributed by atoms with van der Waals surface area (Å²) >= 11 is 0. The van der Waals surface area contributed by atoms with Crippen molar-refractivity contribution in [3.05, 3.63) is 65.3 Å². The number of alkyl halides is 3. The summed E-state index contributed by atoms with van der Waals surface area (Å²) < 4.78 is 48.2. The summed E-state index contributed by atoms with van der Waals surface area (Å²) in [6.45, 7) is 0. The van der Waals surface area contributed by atoms with E-state index in [2.05, 4.69) is 25.8 Å². The zero-order valence-electron chi connectivity index (χ0n) is 13.3. The molecule has 0 fully saturated rings. The molecule has 2 aromatic rings. The molecule has 0 aliphatic carbocycles. The molecule has 7 nitrogen and oxygen atoms in total. The monoisotopic (exact) mass is 366 g/mol. The van der Waals surface area contributed by atoms with Gasteiger partial charge in [0.15, 0.2) is 5.69 Å². The van der Waals surface area contributed by atoms with Crippen molar-refractivity contribution < 1.29 is 27.2 Å². The zero-order chi connectivity index (χ0) is 18.7. The Hall–Kier alpha value is -3.43. The highest BCUT2D eigenvalue weighted by molar-refractivity contribution is 5.93. The van der Waals surface area contributed by atoms with Gasteiger partial charge in [0.25, 0.3) is 5.91 Å². The van der Waals surface area contributed by atoms with Crippen LogP contribution in [0.5, 0.6) is 5.75 Å². The quantitative estimate of drug-likeness (QED) is 0.770. The number of allylic oxidation sites excluding steroid dienone is 2. The molecule has 1 aromatic heterocycles. The molecule has 0 radical (unpaired) electrons. The van der Waals surface area contributed by atoms with E-state index in [0.717, 1.165) is 6.07 Å². The number of methoxy groups -OCH3 is 1. The molecular formula is C16H13F3N4O3. The number of halogens is 3. The van der Waals surface area contributed by atoms with Gasteiger partial charge in [-0.1, -0.05) is 11.2 Å². The number of nitrogens with one attached hydrogen (secondary N) is 3. The second-order valence-electron chi connectivity index (χ2n) is 5.16. The van der Waals surface area contributed by atoms with Crippen molar-refractivity contribution in [3.8, 4) is 5.75 Å². The van der Waals surface area contributed by atoms with Crippen LogP contribution in [0, 0.1) is 0 Å². The molecule has 0 atom stereocenters. The van der Waals surface area contributed by atoms with Crippen molar-refractivity contribution in [2.24, 2.45) is 0 Å². The van der Waals surface area contributed by atoms with E-state index in [9.17, 15) is 18.0 Å². The summed E-state index contributed by atoms with van der Waals surface area (Å²) in [4.78, 5) is 11.9. The van der Waals surface area contributed by atoms with Gasteiger partial charge < -0.3 is 14.6 Å². The molecule has 3 rings (SSSR count). The Balaban J connectivity index is 1.78. The normalized spacial score (nSPS) is 13.8. The molecule has 0 unspecified atom stereocenters. The first kappa shape index (κ1) is 17.4. The third-order valence-corrected chi connectivity index (χ3v) is 3.49. The van der Waals surface area contributed by atoms with Gasteiger partial charge in [0.05, 0.1) is 18.4 Å². The highest BCUT2D eigenvalue weighted by atomic mass is 19.4. The third kappa shape index (κ3) is 3.63. The first-order valence-corrected chi connectivity index (χ1v) is 7.30. The number of carbonyl (C=O) groups is 1. The Bertz CT molecular complexity index is 873. The maximum Gasteiger partial charge on any atom is 0.419 e. The molecule has 1 amide bonds. The molecule has 1 aromatic carbocycles. The molecule has 26 heavy (non-hydrogen) atoms. The van der Waals surface area contributed by atoms with Gasteiger partial charge in [-0.25, -0.2) is 0 Å². The van der Waals surface area contributed by atoms with Crippen LogP contribution in [0.1, 0.15) is 21.6 Å². The smallest absolute Gasteiger partial charge is 0.419 e. The van der Waals surface area contributed by atoms with Gasteiger partial charge in [-0.05, 0) is 24.3 Å². The molecule has 1 aliphatic rings. The van der Waals surface area contributed by atoms with Gasteiger partial charge in [0.1, 0.15) is 17.8 Å². The maximum atomic E-state index is 12.9. The number of hydrogen-bond donors (Lipinski definition) is 3. The topological polar surface area (TPSA) is 88.4 Å². The van der Waals surface area contributed by atoms with Gasteiger partial charge >= 0.3 is 6.18 Å². The van der Waals surface area contributed by atoms with Crippen LogP contribution in [-0.4, -0.2) is 18.2 Å². The van der Waals surface area contributed by atoms with Crippen molar-refractivity contribution in [1.82, 2.24) is 21.3 Å². The van der Waals surface area contributed by atoms with Crippen molar-refractivity contribution in [2.75, 3.05) is 7.11 Å². The van der Waals surface area contributed by atoms with Gasteiger partial charge in [0, 0.05) is 11.6 Å². The molecule has 0 saturated heterocycles. The Morgan fingerprint density at radius 2 is 2.04 bits per heavy atom. The molecule has 0 saturated carbocycles. The Kier molecular flexibility index (Phi) is 4.57. The molecule has 10 heteroatoms. The molecule has 1 aliphatic heterocycles. The minimum absolute atomic E-state index is 0.106. The number of amides is 1. The third-order valence-electron chi connectivity index (χ3n) is 3.49. The van der Waals surface area contributed by atoms with Crippen molar-refractivity contribution in [1.29, 1.82) is 0 Å². The van der Waals surface area contributed by atoms with E-state index in [0.29, 0.717) is 17.1 Å². The predicted molar refractivity (Wildman–Crippen MR) is 84.3 cm³/mol. The summed E-state index contributed by atoms with van der Waals surface area (Å²) in [5.41, 5.74) is 5.74. The van der Waals surface area contributed by atoms with Crippen LogP contribution in [0.3, 0.4) is 0 Å². The lowest BCUT2D eigenvalue weighted by Gasteiger charge is -2.21. The zero-order valence-corrected chi connectivity index (χ0v) is 13.3. The first-order valence-electron chi connectivity index (χ1n) is 7.30. The first-order chi connectivity index (χ1) is 12.4. The predicted octanol–water partition coefficient (Wildman–Crippen LogP) is 2.42. The summed E-state index contributed by atoms with van der Waals surface area (Å²) in [7, 11) is 1.17. The lowest BCUT2D eigenvalue weighted by atomic mass is 10.1. The fourth-order valence-electron chi connectivity index (χ4n) is 2.23. The maximum absolute atomic E-state index is 12.9. The minimum atomic E-state index is -4.50. The number of ether oxygens (including phenoxy) is 1. The summed E-state index contributed by atoms with van der Waals surface area (Å²) in [6.07, 6.45) is -0.0915. The Morgan fingerprint density at radius 1 is 1.23 bits per heavy atom. The Labute approximate surface area is 145 Å². The molecule has 3 N–H and O–H groups in total. The van der Waals surface area contributed by atoms with E-state index in [-0.39, 0.29) is 11.4 Å². The molecule has 136 valence electrons. The summed E-state index contributed by atoms with van der Waals surface area (Å²) in [5.74, 6) is -0.431. The van der Waals surface area contributed by atoms with Crippen LogP contribution in [0.15, 0.2) is 53.0 Å². The average molecular weight is 366 g/mol. The molecular weight excluding hydrogens is 353 g/mol. The van der Waals surface area contributed by atoms with Gasteiger partial charge in [-0.3, -0.25) is 15.6 Å². The van der Waals surface area contributed by atoms with Crippen LogP contribution in [0.2, 0.25) is 0 Å². The van der Waals surface area contributed by atoms with Gasteiger partial charge in [-0.2, -0.15) is 13.2 Å². The van der Waals surface area contributed by atoms with Crippen molar-refractivity contribution in [3.63, 3.8) is 0 Å². The fraction of sp³-hybridized carbons (Fsp3) is 0.125. The average Bonchev–Trinajstić information content (AvgIpc) is 3.16. The molecule has 0 bridgehead atoms. The summed E-state index contributed by atoms with van der Waals surface area (Å²) in [6, 6.07) is 4.94. The largest absolute Gasteiger partial charge is 0.496 e. The van der Waals surface area contributed by atoms with E-state index in [4.69, 9.17) is 4.74 Å². The number of benzene rings is 1. The minimum Gasteiger partial charge on any atom is -0.496 e. The van der Waals surface area contributed by atoms with E-state index in [1.807, 2.05) is 0 Å². The lowest BCUT2D eigenvalue weighted by Crippen LogP contribution is -2.40. The molecule has 2 heterocycles. The van der Waals surface area contributed by atoms with E-state index in [1.165, 1.54) is 31.6 Å². The highest BCUT2D eigenvalue weighted by Crippen LogP contribution is 2.37. The van der Waals surface area contributed by atoms with Crippen LogP contribution >= 0.6 is 0 Å². The number of aromatic nitrogens is 1. The number of hydrogen-bond acceptors (Lipinski definition) is 6. The lowest BCUT2D eigenvalue weighted by molar-refractivity contribution is -0.138. The van der Waals surface area contributed by atoms with Crippen LogP contribution in [0.25, 0.3) is 5.70 Å². The highest BCUT2D eigenvalue weighted by Gasteiger charge is 2.34. The number of rotatable bonds is 4. The number of carbonyl (C=O) groups excluding carboxylic acids is 1. The summed E-state index contributed by atoms with van der Waals surface area (Å²) in [5, 5.41) is 6.06. The standard InChI is InChI=1S/C16H13F3N4O3/c1-25-13-8-9(2-3-10(13)16(17,18)19)11-4-5-14(22-21-11)20-15(24)12-6-7-26-23-12/h2-8,21-22H,1H3,(H,20,24). The second-order valence-corrected chi connectivity index (χ2v) is 5.16. The SMILES string of the molecule is COc1cc(C2=CC=C(NC(=O)c3ccon3)NN2)ccc1C(F)(F)F. The fourth-order valence-corrected chi connectivity index (χ4v) is 2.23. The molecule has 0 spiro atoms. The van der Waals surface area contributed by atoms with E-state index >= 15 is 0 Å². The van der Waals surface area contributed by atoms with Gasteiger partial charge in [0.2, 0.25) is 0 Å². The van der Waals surface area contributed by atoms with Crippen LogP contribution in [0.4, 0.5) is 13.2 Å². The van der Waals surface area contributed by atoms with Crippen molar-refractivity contribution >= 4 is 11.6 Å². The van der Waals surface area contributed by atoms with Crippen LogP contribution < -0.4 is 20.9 Å². The van der Waals surface area contributed by atoms with E-state index < -0.39 is 17.6 Å². The van der Waals surface area contributed by atoms with E-state index in [1.54, 1.807) is 12.2 Å².